The third kappa shape index (κ3) is 3.24. The summed E-state index contributed by atoms with van der Waals surface area (Å²) in [5.41, 5.74) is 7.27. The Balaban J connectivity index is 1.74. The van der Waals surface area contributed by atoms with Crippen LogP contribution in [0, 0.1) is 13.8 Å². The molecule has 0 unspecified atom stereocenters. The van der Waals surface area contributed by atoms with Gasteiger partial charge in [-0.25, -0.2) is 0 Å². The van der Waals surface area contributed by atoms with Gasteiger partial charge in [-0.1, -0.05) is 18.2 Å². The molecule has 2 heterocycles. The molecule has 0 radical (unpaired) electrons. The molecule has 0 amide bonds. The molecule has 5 heteroatoms. The molecule has 0 saturated heterocycles. The first-order valence-corrected chi connectivity index (χ1v) is 8.86. The van der Waals surface area contributed by atoms with Crippen molar-refractivity contribution >= 4 is 22.3 Å². The van der Waals surface area contributed by atoms with Crippen LogP contribution in [-0.4, -0.2) is 21.9 Å². The van der Waals surface area contributed by atoms with E-state index in [-0.39, 0.29) is 0 Å². The second kappa shape index (κ2) is 6.76. The molecule has 0 spiro atoms. The predicted octanol–water partition coefficient (Wildman–Crippen LogP) is 5.00. The highest BCUT2D eigenvalue weighted by atomic mass is 16.5. The largest absolute Gasteiger partial charge is 0.495 e. The fourth-order valence-electron chi connectivity index (χ4n) is 3.36. The van der Waals surface area contributed by atoms with E-state index >= 15 is 0 Å². The van der Waals surface area contributed by atoms with Crippen LogP contribution in [0.1, 0.15) is 11.3 Å². The van der Waals surface area contributed by atoms with Gasteiger partial charge in [-0.2, -0.15) is 5.10 Å². The van der Waals surface area contributed by atoms with Crippen LogP contribution in [0.2, 0.25) is 0 Å². The molecular weight excluding hydrogens is 336 g/mol. The molecule has 0 fully saturated rings. The minimum atomic E-state index is 0.785. The molecule has 5 nitrogen and oxygen atoms in total. The summed E-state index contributed by atoms with van der Waals surface area (Å²) in [6.45, 7) is 4.09. The Morgan fingerprint density at radius 3 is 2.59 bits per heavy atom. The minimum absolute atomic E-state index is 0.785. The van der Waals surface area contributed by atoms with Crippen molar-refractivity contribution in [3.05, 3.63) is 66.1 Å². The Hall–Kier alpha value is -3.34. The van der Waals surface area contributed by atoms with Crippen LogP contribution in [0.4, 0.5) is 11.4 Å². The van der Waals surface area contributed by atoms with Crippen molar-refractivity contribution in [1.82, 2.24) is 14.8 Å². The summed E-state index contributed by atoms with van der Waals surface area (Å²) in [5.74, 6) is 0.785. The van der Waals surface area contributed by atoms with E-state index in [4.69, 9.17) is 4.74 Å². The maximum Gasteiger partial charge on any atom is 0.142 e. The van der Waals surface area contributed by atoms with Crippen LogP contribution < -0.4 is 10.1 Å². The lowest BCUT2D eigenvalue weighted by molar-refractivity contribution is 0.417. The van der Waals surface area contributed by atoms with E-state index in [0.29, 0.717) is 0 Å². The Kier molecular flexibility index (Phi) is 4.28. The average Bonchev–Trinajstić information content (AvgIpc) is 3.00. The lowest BCUT2D eigenvalue weighted by Crippen LogP contribution is -1.97. The van der Waals surface area contributed by atoms with Crippen molar-refractivity contribution in [1.29, 1.82) is 0 Å². The summed E-state index contributed by atoms with van der Waals surface area (Å²) in [5, 5.41) is 9.01. The highest BCUT2D eigenvalue weighted by Crippen LogP contribution is 2.35. The number of hydrogen-bond acceptors (Lipinski definition) is 4. The third-order valence-corrected chi connectivity index (χ3v) is 4.69. The molecule has 27 heavy (non-hydrogen) atoms. The van der Waals surface area contributed by atoms with Gasteiger partial charge in [-0.05, 0) is 49.2 Å². The Bertz CT molecular complexity index is 1130. The molecule has 2 aromatic carbocycles. The molecule has 4 aromatic rings. The number of anilines is 2. The smallest absolute Gasteiger partial charge is 0.142 e. The number of methoxy groups -OCH3 is 1. The molecular formula is C22H22N4O. The van der Waals surface area contributed by atoms with Crippen molar-refractivity contribution in [2.75, 3.05) is 12.4 Å². The van der Waals surface area contributed by atoms with Gasteiger partial charge in [0.2, 0.25) is 0 Å². The van der Waals surface area contributed by atoms with Gasteiger partial charge >= 0.3 is 0 Å². The van der Waals surface area contributed by atoms with E-state index in [1.807, 2.05) is 49.2 Å². The molecule has 0 aliphatic heterocycles. The van der Waals surface area contributed by atoms with Gasteiger partial charge in [0.1, 0.15) is 5.75 Å². The Morgan fingerprint density at radius 2 is 1.85 bits per heavy atom. The summed E-state index contributed by atoms with van der Waals surface area (Å²) in [6, 6.07) is 14.4. The quantitative estimate of drug-likeness (QED) is 0.557. The second-order valence-corrected chi connectivity index (χ2v) is 6.72. The lowest BCUT2D eigenvalue weighted by Gasteiger charge is -2.14. The first-order valence-electron chi connectivity index (χ1n) is 8.86. The number of fused-ring (bicyclic) bond motifs is 1. The predicted molar refractivity (Wildman–Crippen MR) is 110 cm³/mol. The van der Waals surface area contributed by atoms with Gasteiger partial charge in [0.05, 0.1) is 24.0 Å². The number of aryl methyl sites for hydroxylation is 3. The molecule has 0 atom stereocenters. The van der Waals surface area contributed by atoms with Gasteiger partial charge in [0.15, 0.2) is 0 Å². The SMILES string of the molecule is COc1cc(-c2cn(C)nc2C)ccc1Nc1ccnc2cc(C)ccc12. The van der Waals surface area contributed by atoms with Crippen molar-refractivity contribution in [2.24, 2.45) is 7.05 Å². The van der Waals surface area contributed by atoms with Gasteiger partial charge in [-0.3, -0.25) is 9.67 Å². The highest BCUT2D eigenvalue weighted by Gasteiger charge is 2.11. The van der Waals surface area contributed by atoms with Crippen molar-refractivity contribution in [3.63, 3.8) is 0 Å². The number of hydrogen-bond donors (Lipinski definition) is 1. The molecule has 4 rings (SSSR count). The second-order valence-electron chi connectivity index (χ2n) is 6.72. The van der Waals surface area contributed by atoms with E-state index in [9.17, 15) is 0 Å². The van der Waals surface area contributed by atoms with Crippen LogP contribution in [0.25, 0.3) is 22.0 Å². The number of aromatic nitrogens is 3. The molecule has 2 aromatic heterocycles. The minimum Gasteiger partial charge on any atom is -0.495 e. The fourth-order valence-corrected chi connectivity index (χ4v) is 3.36. The maximum absolute atomic E-state index is 5.65. The molecule has 0 saturated carbocycles. The lowest BCUT2D eigenvalue weighted by atomic mass is 10.1. The zero-order valence-electron chi connectivity index (χ0n) is 15.9. The van der Waals surface area contributed by atoms with E-state index in [2.05, 4.69) is 46.6 Å². The zero-order valence-corrected chi connectivity index (χ0v) is 15.9. The zero-order chi connectivity index (χ0) is 19.0. The van der Waals surface area contributed by atoms with Crippen molar-refractivity contribution < 1.29 is 4.74 Å². The van der Waals surface area contributed by atoms with Gasteiger partial charge in [0.25, 0.3) is 0 Å². The molecule has 0 aliphatic rings. The van der Waals surface area contributed by atoms with Crippen LogP contribution in [0.15, 0.2) is 54.9 Å². The number of nitrogens with one attached hydrogen (secondary N) is 1. The fraction of sp³-hybridized carbons (Fsp3) is 0.182. The number of ether oxygens (including phenoxy) is 1. The van der Waals surface area contributed by atoms with E-state index in [0.717, 1.165) is 44.8 Å². The van der Waals surface area contributed by atoms with E-state index < -0.39 is 0 Å². The number of benzene rings is 2. The highest BCUT2D eigenvalue weighted by molar-refractivity contribution is 5.93. The normalized spacial score (nSPS) is 11.0. The number of rotatable bonds is 4. The first kappa shape index (κ1) is 17.1. The summed E-state index contributed by atoms with van der Waals surface area (Å²) >= 11 is 0. The average molecular weight is 358 g/mol. The van der Waals surface area contributed by atoms with Gasteiger partial charge < -0.3 is 10.1 Å². The van der Waals surface area contributed by atoms with Crippen LogP contribution in [0.3, 0.4) is 0 Å². The van der Waals surface area contributed by atoms with E-state index in [1.165, 1.54) is 5.56 Å². The summed E-state index contributed by atoms with van der Waals surface area (Å²) in [7, 11) is 3.62. The van der Waals surface area contributed by atoms with Gasteiger partial charge in [0, 0.05) is 36.1 Å². The summed E-state index contributed by atoms with van der Waals surface area (Å²) < 4.78 is 7.48. The van der Waals surface area contributed by atoms with Crippen molar-refractivity contribution in [3.8, 4) is 16.9 Å². The summed E-state index contributed by atoms with van der Waals surface area (Å²) in [6.07, 6.45) is 3.85. The maximum atomic E-state index is 5.65. The van der Waals surface area contributed by atoms with Crippen LogP contribution in [-0.2, 0) is 7.05 Å². The molecule has 1 N–H and O–H groups in total. The molecule has 0 aliphatic carbocycles. The topological polar surface area (TPSA) is 52.0 Å². The molecule has 136 valence electrons. The van der Waals surface area contributed by atoms with Crippen LogP contribution >= 0.6 is 0 Å². The Morgan fingerprint density at radius 1 is 1.00 bits per heavy atom. The summed E-state index contributed by atoms with van der Waals surface area (Å²) in [4.78, 5) is 4.47. The first-order chi connectivity index (χ1) is 13.0. The molecule has 0 bridgehead atoms. The van der Waals surface area contributed by atoms with Gasteiger partial charge in [-0.15, -0.1) is 0 Å². The number of nitrogens with zero attached hydrogens (tertiary/aromatic N) is 3. The third-order valence-electron chi connectivity index (χ3n) is 4.69. The monoisotopic (exact) mass is 358 g/mol. The van der Waals surface area contributed by atoms with E-state index in [1.54, 1.807) is 7.11 Å². The number of pyridine rings is 1. The Labute approximate surface area is 158 Å². The van der Waals surface area contributed by atoms with Crippen molar-refractivity contribution in [2.45, 2.75) is 13.8 Å². The standard InChI is InChI=1S/C22H22N4O/c1-14-5-7-17-19(9-10-23-21(17)11-14)24-20-8-6-16(12-22(20)27-4)18-13-26(3)25-15(18)2/h5-13H,1-4H3,(H,23,24). The van der Waals surface area contributed by atoms with Crippen LogP contribution in [0.5, 0.6) is 5.75 Å².